The molecule has 10 nitrogen and oxygen atoms in total. The van der Waals surface area contributed by atoms with Crippen molar-refractivity contribution in [2.75, 3.05) is 6.61 Å². The number of ether oxygens (including phenoxy) is 1. The molecule has 2 aliphatic heterocycles. The number of nitrogens with two attached hydrogens (primary N) is 1. The first-order chi connectivity index (χ1) is 12.6. The first-order valence-electron chi connectivity index (χ1n) is 7.43. The van der Waals surface area contributed by atoms with Gasteiger partial charge in [0.05, 0.1) is 12.2 Å². The van der Waals surface area contributed by atoms with Gasteiger partial charge in [0.15, 0.2) is 5.84 Å². The number of fused-ring (bicyclic) bond motifs is 1. The maximum atomic E-state index is 13.8. The number of aromatic carboxylic acids is 1. The predicted molar refractivity (Wildman–Crippen MR) is 93.4 cm³/mol. The van der Waals surface area contributed by atoms with Crippen molar-refractivity contribution in [2.45, 2.75) is 11.9 Å². The predicted octanol–water partition coefficient (Wildman–Crippen LogP) is 1.09. The SMILES string of the molecule is CCOC1=NC(F)=CC2=NC(c3ccccc3C(=O)O)(S(N)(=O)=O)N(Cl)N21. The summed E-state index contributed by atoms with van der Waals surface area (Å²) in [7, 11) is -4.70. The van der Waals surface area contributed by atoms with Crippen LogP contribution in [0.15, 0.2) is 46.3 Å². The maximum Gasteiger partial charge on any atom is 0.336 e. The number of nitrogens with zero attached hydrogens (tertiary/aromatic N) is 4. The zero-order chi connectivity index (χ0) is 20.0. The van der Waals surface area contributed by atoms with E-state index in [2.05, 4.69) is 9.98 Å². The number of carboxylic acids is 1. The molecule has 27 heavy (non-hydrogen) atoms. The van der Waals surface area contributed by atoms with Gasteiger partial charge in [0, 0.05) is 23.4 Å². The molecular formula is C14H13ClFN5O5S. The van der Waals surface area contributed by atoms with Gasteiger partial charge in [0.25, 0.3) is 15.0 Å². The Morgan fingerprint density at radius 2 is 2.11 bits per heavy atom. The lowest BCUT2D eigenvalue weighted by Crippen LogP contribution is -2.54. The third-order valence-corrected chi connectivity index (χ3v) is 5.49. The van der Waals surface area contributed by atoms with E-state index in [0.29, 0.717) is 4.53 Å². The molecule has 2 heterocycles. The highest BCUT2D eigenvalue weighted by molar-refractivity contribution is 7.90. The molecule has 0 bridgehead atoms. The van der Waals surface area contributed by atoms with Crippen LogP contribution in [-0.2, 0) is 19.8 Å². The number of hydrazine groups is 1. The van der Waals surface area contributed by atoms with Gasteiger partial charge in [-0.2, -0.15) is 14.4 Å². The fraction of sp³-hybridized carbons (Fsp3) is 0.214. The number of carboxylic acid groups (broad SMARTS) is 1. The lowest BCUT2D eigenvalue weighted by molar-refractivity contribution is 0.0690. The van der Waals surface area contributed by atoms with Crippen molar-refractivity contribution in [3.05, 3.63) is 47.4 Å². The number of carbonyl (C=O) groups is 1. The van der Waals surface area contributed by atoms with Gasteiger partial charge in [-0.15, -0.1) is 0 Å². The normalized spacial score (nSPS) is 22.7. The number of primary sulfonamides is 1. The van der Waals surface area contributed by atoms with Crippen LogP contribution in [0.1, 0.15) is 22.8 Å². The van der Waals surface area contributed by atoms with Crippen LogP contribution < -0.4 is 5.14 Å². The number of benzene rings is 1. The van der Waals surface area contributed by atoms with Crippen LogP contribution in [0.3, 0.4) is 0 Å². The maximum absolute atomic E-state index is 13.8. The van der Waals surface area contributed by atoms with Crippen LogP contribution in [-0.4, -0.2) is 47.5 Å². The second-order valence-corrected chi connectivity index (χ2v) is 7.32. The minimum atomic E-state index is -4.70. The summed E-state index contributed by atoms with van der Waals surface area (Å²) in [5, 5.41) is 15.7. The molecule has 0 spiro atoms. The molecule has 0 radical (unpaired) electrons. The highest BCUT2D eigenvalue weighted by Crippen LogP contribution is 2.44. The summed E-state index contributed by atoms with van der Waals surface area (Å²) in [6.07, 6.45) is 0.814. The smallest absolute Gasteiger partial charge is 0.336 e. The summed E-state index contributed by atoms with van der Waals surface area (Å²) < 4.78 is 44.7. The van der Waals surface area contributed by atoms with Crippen LogP contribution in [0.25, 0.3) is 0 Å². The topological polar surface area (TPSA) is 138 Å². The number of hydrogen-bond acceptors (Lipinski definition) is 8. The van der Waals surface area contributed by atoms with Crippen LogP contribution in [0.2, 0.25) is 0 Å². The number of sulfonamides is 1. The van der Waals surface area contributed by atoms with Gasteiger partial charge in [0.1, 0.15) is 0 Å². The number of halogens is 2. The van der Waals surface area contributed by atoms with Gasteiger partial charge in [-0.3, -0.25) is 0 Å². The number of rotatable bonds is 4. The summed E-state index contributed by atoms with van der Waals surface area (Å²) in [6.45, 7) is 1.66. The van der Waals surface area contributed by atoms with Gasteiger partial charge in [-0.25, -0.2) is 23.3 Å². The van der Waals surface area contributed by atoms with Crippen molar-refractivity contribution in [1.29, 1.82) is 0 Å². The van der Waals surface area contributed by atoms with Gasteiger partial charge in [0.2, 0.25) is 5.95 Å². The zero-order valence-corrected chi connectivity index (χ0v) is 15.3. The van der Waals surface area contributed by atoms with E-state index >= 15 is 0 Å². The standard InChI is InChI=1S/C14H13ClFN5O5S/c1-2-26-13-18-10(16)7-11-19-14(27(17,24)25,21(15)20(11)13)9-6-4-3-5-8(9)12(22)23/h3-7H,2H2,1H3,(H,22,23)(H2,17,24,25). The van der Waals surface area contributed by atoms with Gasteiger partial charge in [-0.1, -0.05) is 22.7 Å². The van der Waals surface area contributed by atoms with E-state index in [-0.39, 0.29) is 24.0 Å². The molecular weight excluding hydrogens is 405 g/mol. The molecule has 144 valence electrons. The fourth-order valence-electron chi connectivity index (χ4n) is 2.67. The Balaban J connectivity index is 2.32. The molecule has 3 rings (SSSR count). The van der Waals surface area contributed by atoms with Crippen molar-refractivity contribution >= 4 is 39.6 Å². The lowest BCUT2D eigenvalue weighted by atomic mass is 10.1. The molecule has 1 atom stereocenters. The summed E-state index contributed by atoms with van der Waals surface area (Å²) in [5.74, 6) is -2.71. The van der Waals surface area contributed by atoms with E-state index in [4.69, 9.17) is 21.7 Å². The first kappa shape index (κ1) is 19.2. The van der Waals surface area contributed by atoms with Crippen LogP contribution in [0, 0.1) is 0 Å². The number of hydrogen-bond donors (Lipinski definition) is 2. The molecule has 13 heteroatoms. The van der Waals surface area contributed by atoms with Crippen LogP contribution >= 0.6 is 11.8 Å². The number of amidine groups is 2. The van der Waals surface area contributed by atoms with Gasteiger partial charge < -0.3 is 9.84 Å². The Hall–Kier alpha value is -2.54. The van der Waals surface area contributed by atoms with Crippen molar-refractivity contribution < 1.29 is 27.4 Å². The van der Waals surface area contributed by atoms with Gasteiger partial charge >= 0.3 is 12.0 Å². The number of aliphatic imine (C=N–C) groups is 2. The molecule has 0 amide bonds. The second kappa shape index (κ2) is 6.56. The van der Waals surface area contributed by atoms with Crippen LogP contribution in [0.4, 0.5) is 4.39 Å². The van der Waals surface area contributed by atoms with Crippen molar-refractivity contribution in [1.82, 2.24) is 9.54 Å². The monoisotopic (exact) mass is 417 g/mol. The highest BCUT2D eigenvalue weighted by atomic mass is 35.5. The lowest BCUT2D eigenvalue weighted by Gasteiger charge is -2.34. The Bertz CT molecular complexity index is 1010. The largest absolute Gasteiger partial charge is 0.478 e. The van der Waals surface area contributed by atoms with Crippen LogP contribution in [0.5, 0.6) is 0 Å². The van der Waals surface area contributed by atoms with Crippen molar-refractivity contribution in [3.8, 4) is 0 Å². The quantitative estimate of drug-likeness (QED) is 0.552. The third kappa shape index (κ3) is 2.86. The average Bonchev–Trinajstić information content (AvgIpc) is 2.88. The molecule has 0 aliphatic carbocycles. The minimum Gasteiger partial charge on any atom is -0.478 e. The van der Waals surface area contributed by atoms with E-state index < -0.39 is 32.5 Å². The zero-order valence-electron chi connectivity index (χ0n) is 13.7. The Kier molecular flexibility index (Phi) is 4.67. The molecule has 0 saturated heterocycles. The molecule has 1 aromatic rings. The third-order valence-electron chi connectivity index (χ3n) is 3.72. The highest BCUT2D eigenvalue weighted by Gasteiger charge is 2.59. The van der Waals surface area contributed by atoms with E-state index in [9.17, 15) is 22.7 Å². The molecule has 1 aromatic carbocycles. The molecule has 3 N–H and O–H groups in total. The molecule has 0 fully saturated rings. The van der Waals surface area contributed by atoms with E-state index in [1.165, 1.54) is 24.3 Å². The Morgan fingerprint density at radius 1 is 1.44 bits per heavy atom. The molecule has 1 unspecified atom stereocenters. The minimum absolute atomic E-state index is 0.0642. The fourth-order valence-corrected chi connectivity index (χ4v) is 4.23. The first-order valence-corrected chi connectivity index (χ1v) is 9.31. The summed E-state index contributed by atoms with van der Waals surface area (Å²) in [4.78, 5) is 16.5. The molecule has 2 aliphatic rings. The average molecular weight is 418 g/mol. The second-order valence-electron chi connectivity index (χ2n) is 5.34. The van der Waals surface area contributed by atoms with Crippen molar-refractivity contribution in [2.24, 2.45) is 15.1 Å². The van der Waals surface area contributed by atoms with E-state index in [1.807, 2.05) is 0 Å². The summed E-state index contributed by atoms with van der Waals surface area (Å²) in [5.41, 5.74) is -0.734. The van der Waals surface area contributed by atoms with Gasteiger partial charge in [-0.05, 0) is 13.0 Å². The molecule has 0 aromatic heterocycles. The Morgan fingerprint density at radius 3 is 2.70 bits per heavy atom. The van der Waals surface area contributed by atoms with E-state index in [1.54, 1.807) is 6.92 Å². The molecule has 0 saturated carbocycles. The summed E-state index contributed by atoms with van der Waals surface area (Å²) >= 11 is 6.26. The van der Waals surface area contributed by atoms with Crippen molar-refractivity contribution in [3.63, 3.8) is 0 Å². The van der Waals surface area contributed by atoms with E-state index in [0.717, 1.165) is 11.1 Å². The summed E-state index contributed by atoms with van der Waals surface area (Å²) in [6, 6.07) is 4.77. The Labute approximate surface area is 158 Å².